The van der Waals surface area contributed by atoms with Crippen molar-refractivity contribution < 1.29 is 24.0 Å². The SMILES string of the molecule is CC(=O)N[C@@H](CCCCN)C(=O)N[C@@H](CCCN=C(N)N)C(=O)NCCCCC1CCN(CC(=O)N2c3ccccc3NC(=O)c3ccccc32)CC1. The van der Waals surface area contributed by atoms with Crippen molar-refractivity contribution >= 4 is 52.6 Å². The van der Waals surface area contributed by atoms with Gasteiger partial charge in [0.1, 0.15) is 12.1 Å². The number of nitrogens with zero attached hydrogens (tertiary/aromatic N) is 3. The fraction of sp³-hybridized carbons (Fsp3) is 0.526. The smallest absolute Gasteiger partial charge is 0.257 e. The zero-order valence-corrected chi connectivity index (χ0v) is 30.8. The molecule has 10 N–H and O–H groups in total. The van der Waals surface area contributed by atoms with Crippen molar-refractivity contribution in [1.82, 2.24) is 20.9 Å². The lowest BCUT2D eigenvalue weighted by atomic mass is 9.91. The maximum Gasteiger partial charge on any atom is 0.257 e. The Morgan fingerprint density at radius 2 is 1.55 bits per heavy atom. The number of carbonyl (C=O) groups excluding carboxylic acids is 5. The third kappa shape index (κ3) is 12.6. The van der Waals surface area contributed by atoms with E-state index in [1.54, 1.807) is 23.1 Å². The Labute approximate surface area is 311 Å². The number of anilines is 3. The van der Waals surface area contributed by atoms with E-state index in [1.807, 2.05) is 30.3 Å². The van der Waals surface area contributed by atoms with Crippen LogP contribution in [0.25, 0.3) is 0 Å². The third-order valence-corrected chi connectivity index (χ3v) is 9.66. The molecular formula is C38H56N10O5. The third-order valence-electron chi connectivity index (χ3n) is 9.66. The van der Waals surface area contributed by atoms with E-state index in [2.05, 4.69) is 31.2 Å². The second-order valence-electron chi connectivity index (χ2n) is 13.8. The first-order chi connectivity index (χ1) is 25.6. The number of aliphatic imine (C=N–C) groups is 1. The van der Waals surface area contributed by atoms with Crippen LogP contribution in [0.2, 0.25) is 0 Å². The number of amides is 5. The number of guanidine groups is 1. The quantitative estimate of drug-likeness (QED) is 0.0636. The van der Waals surface area contributed by atoms with E-state index < -0.39 is 18.0 Å². The highest BCUT2D eigenvalue weighted by atomic mass is 16.2. The van der Waals surface area contributed by atoms with Crippen molar-refractivity contribution in [1.29, 1.82) is 0 Å². The van der Waals surface area contributed by atoms with Crippen LogP contribution in [0.5, 0.6) is 0 Å². The number of nitrogens with two attached hydrogens (primary N) is 3. The van der Waals surface area contributed by atoms with E-state index in [0.717, 1.165) is 51.6 Å². The first-order valence-corrected chi connectivity index (χ1v) is 18.7. The number of piperidine rings is 1. The van der Waals surface area contributed by atoms with Crippen molar-refractivity contribution in [2.24, 2.45) is 28.1 Å². The molecule has 2 atom stereocenters. The molecule has 2 aliphatic rings. The maximum atomic E-state index is 13.8. The van der Waals surface area contributed by atoms with Gasteiger partial charge in [0.2, 0.25) is 23.6 Å². The number of unbranched alkanes of at least 4 members (excludes halogenated alkanes) is 2. The van der Waals surface area contributed by atoms with E-state index in [9.17, 15) is 24.0 Å². The van der Waals surface area contributed by atoms with Crippen LogP contribution in [0.4, 0.5) is 17.1 Å². The summed E-state index contributed by atoms with van der Waals surface area (Å²) in [5.74, 6) is -0.880. The van der Waals surface area contributed by atoms with E-state index in [0.29, 0.717) is 73.9 Å². The fourth-order valence-electron chi connectivity index (χ4n) is 6.86. The summed E-state index contributed by atoms with van der Waals surface area (Å²) in [6.07, 6.45) is 7.28. The molecule has 0 saturated carbocycles. The number of benzene rings is 2. The Kier molecular flexibility index (Phi) is 16.0. The second-order valence-corrected chi connectivity index (χ2v) is 13.8. The van der Waals surface area contributed by atoms with Gasteiger partial charge in [-0.1, -0.05) is 37.1 Å². The lowest BCUT2D eigenvalue weighted by Gasteiger charge is -2.33. The van der Waals surface area contributed by atoms with Gasteiger partial charge in [-0.05, 0) is 101 Å². The van der Waals surface area contributed by atoms with Gasteiger partial charge < -0.3 is 38.5 Å². The summed E-state index contributed by atoms with van der Waals surface area (Å²) in [5.41, 5.74) is 18.8. The maximum absolute atomic E-state index is 13.8. The molecule has 5 amide bonds. The fourth-order valence-corrected chi connectivity index (χ4v) is 6.86. The molecule has 288 valence electrons. The first-order valence-electron chi connectivity index (χ1n) is 18.7. The molecule has 2 aromatic carbocycles. The standard InChI is InChI=1S/C38H56N10O5/c1-26(49)44-31(14-6-8-20-39)37(53)46-30(15-10-22-43-38(40)41)36(52)42-21-9-7-11-27-18-23-47(24-19-27)25-34(50)48-32-16-4-2-12-28(32)35(51)45-29-13-3-5-17-33(29)48/h2-5,12-13,16-17,27,30-31H,6-11,14-15,18-25,39H2,1H3,(H,42,52)(H,44,49)(H,45,51)(H,46,53)(H4,40,41,43)/t30-,31-/m0/s1. The van der Waals surface area contributed by atoms with Crippen LogP contribution in [0.1, 0.15) is 81.5 Å². The molecule has 15 nitrogen and oxygen atoms in total. The summed E-state index contributed by atoms with van der Waals surface area (Å²) in [6, 6.07) is 13.0. The molecule has 0 spiro atoms. The molecule has 0 unspecified atom stereocenters. The number of para-hydroxylation sites is 3. The molecule has 53 heavy (non-hydrogen) atoms. The Morgan fingerprint density at radius 1 is 0.868 bits per heavy atom. The average molecular weight is 733 g/mol. The van der Waals surface area contributed by atoms with Gasteiger partial charge in [0.25, 0.3) is 5.91 Å². The zero-order valence-electron chi connectivity index (χ0n) is 30.8. The van der Waals surface area contributed by atoms with Crippen molar-refractivity contribution in [3.8, 4) is 0 Å². The number of likely N-dealkylation sites (tertiary alicyclic amines) is 1. The van der Waals surface area contributed by atoms with Gasteiger partial charge in [-0.3, -0.25) is 38.8 Å². The summed E-state index contributed by atoms with van der Waals surface area (Å²) in [6.45, 7) is 4.47. The molecule has 2 aliphatic heterocycles. The summed E-state index contributed by atoms with van der Waals surface area (Å²) in [5, 5.41) is 11.4. The molecule has 1 fully saturated rings. The summed E-state index contributed by atoms with van der Waals surface area (Å²) < 4.78 is 0. The Bertz CT molecular complexity index is 1590. The van der Waals surface area contributed by atoms with Gasteiger partial charge in [-0.2, -0.15) is 0 Å². The number of hydrogen-bond donors (Lipinski definition) is 7. The zero-order chi connectivity index (χ0) is 38.2. The van der Waals surface area contributed by atoms with Gasteiger partial charge >= 0.3 is 0 Å². The minimum absolute atomic E-state index is 0.0403. The molecule has 2 heterocycles. The first kappa shape index (κ1) is 40.7. The lowest BCUT2D eigenvalue weighted by Crippen LogP contribution is -2.53. The number of fused-ring (bicyclic) bond motifs is 2. The minimum atomic E-state index is -0.803. The second kappa shape index (κ2) is 20.9. The molecule has 4 rings (SSSR count). The Balaban J connectivity index is 1.22. The number of rotatable bonds is 19. The van der Waals surface area contributed by atoms with Crippen LogP contribution in [0, 0.1) is 5.92 Å². The van der Waals surface area contributed by atoms with Crippen molar-refractivity contribution in [2.75, 3.05) is 49.5 Å². The Morgan fingerprint density at radius 3 is 2.26 bits per heavy atom. The Hall–Kier alpha value is -5.02. The highest BCUT2D eigenvalue weighted by Crippen LogP contribution is 2.38. The van der Waals surface area contributed by atoms with Crippen LogP contribution < -0.4 is 43.4 Å². The predicted octanol–water partition coefficient (Wildman–Crippen LogP) is 2.09. The molecule has 0 radical (unpaired) electrons. The average Bonchev–Trinajstić information content (AvgIpc) is 3.26. The van der Waals surface area contributed by atoms with E-state index >= 15 is 0 Å². The van der Waals surface area contributed by atoms with E-state index in [-0.39, 0.29) is 36.1 Å². The number of nitrogens with one attached hydrogen (secondary N) is 4. The lowest BCUT2D eigenvalue weighted by molar-refractivity contribution is -0.132. The molecular weight excluding hydrogens is 676 g/mol. The normalized spacial score (nSPS) is 15.5. The molecule has 2 aromatic rings. The van der Waals surface area contributed by atoms with E-state index in [1.165, 1.54) is 6.92 Å². The summed E-state index contributed by atoms with van der Waals surface area (Å²) in [7, 11) is 0. The van der Waals surface area contributed by atoms with Crippen molar-refractivity contribution in [3.63, 3.8) is 0 Å². The summed E-state index contributed by atoms with van der Waals surface area (Å²) in [4.78, 5) is 72.7. The molecule has 0 bridgehead atoms. The molecule has 15 heteroatoms. The predicted molar refractivity (Wildman–Crippen MR) is 206 cm³/mol. The van der Waals surface area contributed by atoms with Gasteiger partial charge in [0.15, 0.2) is 5.96 Å². The van der Waals surface area contributed by atoms with Crippen LogP contribution in [-0.2, 0) is 19.2 Å². The highest BCUT2D eigenvalue weighted by molar-refractivity contribution is 6.18. The van der Waals surface area contributed by atoms with Crippen LogP contribution >= 0.6 is 0 Å². The van der Waals surface area contributed by atoms with Crippen LogP contribution in [0.3, 0.4) is 0 Å². The highest BCUT2D eigenvalue weighted by Gasteiger charge is 2.31. The van der Waals surface area contributed by atoms with Gasteiger partial charge in [-0.15, -0.1) is 0 Å². The van der Waals surface area contributed by atoms with Crippen LogP contribution in [0.15, 0.2) is 53.5 Å². The monoisotopic (exact) mass is 732 g/mol. The summed E-state index contributed by atoms with van der Waals surface area (Å²) >= 11 is 0. The van der Waals surface area contributed by atoms with Gasteiger partial charge in [0, 0.05) is 20.0 Å². The molecule has 0 aromatic heterocycles. The van der Waals surface area contributed by atoms with Gasteiger partial charge in [0.05, 0.1) is 29.2 Å². The largest absolute Gasteiger partial charge is 0.370 e. The van der Waals surface area contributed by atoms with Crippen molar-refractivity contribution in [2.45, 2.75) is 83.2 Å². The van der Waals surface area contributed by atoms with Gasteiger partial charge in [-0.25, -0.2) is 0 Å². The molecule has 1 saturated heterocycles. The van der Waals surface area contributed by atoms with E-state index in [4.69, 9.17) is 17.2 Å². The van der Waals surface area contributed by atoms with Crippen LogP contribution in [-0.4, -0.2) is 91.7 Å². The minimum Gasteiger partial charge on any atom is -0.370 e. The van der Waals surface area contributed by atoms with Crippen molar-refractivity contribution in [3.05, 3.63) is 54.1 Å². The molecule has 0 aliphatic carbocycles. The number of carbonyl (C=O) groups is 5. The topological polar surface area (TPSA) is 230 Å². The number of hydrogen-bond acceptors (Lipinski definition) is 8.